The van der Waals surface area contributed by atoms with Crippen molar-refractivity contribution in [3.05, 3.63) is 70.8 Å². The van der Waals surface area contributed by atoms with Crippen molar-refractivity contribution in [2.45, 2.75) is 19.0 Å². The van der Waals surface area contributed by atoms with E-state index in [1.807, 2.05) is 18.2 Å². The second kappa shape index (κ2) is 9.36. The Balaban J connectivity index is 1.47. The van der Waals surface area contributed by atoms with Crippen LogP contribution in [-0.2, 0) is 0 Å². The lowest BCUT2D eigenvalue weighted by Crippen LogP contribution is -2.52. The van der Waals surface area contributed by atoms with Gasteiger partial charge in [-0.15, -0.1) is 11.3 Å². The second-order valence-corrected chi connectivity index (χ2v) is 8.37. The number of amides is 1. The lowest BCUT2D eigenvalue weighted by molar-refractivity contribution is 0.0863. The highest BCUT2D eigenvalue weighted by Gasteiger charge is 2.31. The molecule has 1 aliphatic rings. The Hall–Kier alpha value is -2.77. The van der Waals surface area contributed by atoms with Gasteiger partial charge in [-0.3, -0.25) is 9.69 Å². The molecule has 1 aromatic carbocycles. The van der Waals surface area contributed by atoms with Crippen molar-refractivity contribution in [1.82, 2.24) is 10.2 Å². The summed E-state index contributed by atoms with van der Waals surface area (Å²) in [6.07, 6.45) is 1.52. The van der Waals surface area contributed by atoms with Crippen LogP contribution in [0.2, 0.25) is 0 Å². The van der Waals surface area contributed by atoms with Crippen molar-refractivity contribution in [3.8, 4) is 5.75 Å². The quantitative estimate of drug-likeness (QED) is 0.619. The summed E-state index contributed by atoms with van der Waals surface area (Å²) in [5, 5.41) is 5.22. The first-order valence-corrected chi connectivity index (χ1v) is 11.0. The molecule has 1 fully saturated rings. The molecule has 2 atom stereocenters. The molecule has 1 aliphatic heterocycles. The van der Waals surface area contributed by atoms with Crippen LogP contribution in [0, 0.1) is 0 Å². The predicted molar refractivity (Wildman–Crippen MR) is 119 cm³/mol. The summed E-state index contributed by atoms with van der Waals surface area (Å²) in [6.45, 7) is 5.68. The van der Waals surface area contributed by atoms with E-state index in [4.69, 9.17) is 9.15 Å². The fraction of sp³-hybridized carbons (Fsp3) is 0.348. The van der Waals surface area contributed by atoms with E-state index < -0.39 is 0 Å². The van der Waals surface area contributed by atoms with E-state index in [-0.39, 0.29) is 18.0 Å². The number of furan rings is 1. The average molecular weight is 426 g/mol. The van der Waals surface area contributed by atoms with Crippen molar-refractivity contribution in [2.24, 2.45) is 0 Å². The van der Waals surface area contributed by atoms with Gasteiger partial charge in [-0.05, 0) is 42.6 Å². The molecular formula is C23H27N3O3S. The van der Waals surface area contributed by atoms with Gasteiger partial charge in [0.2, 0.25) is 0 Å². The van der Waals surface area contributed by atoms with E-state index in [1.165, 1.54) is 11.1 Å². The maximum atomic E-state index is 12.5. The Morgan fingerprint density at radius 1 is 1.10 bits per heavy atom. The number of anilines is 1. The van der Waals surface area contributed by atoms with Gasteiger partial charge in [0.05, 0.1) is 25.1 Å². The molecule has 1 N–H and O–H groups in total. The zero-order chi connectivity index (χ0) is 20.9. The van der Waals surface area contributed by atoms with E-state index in [0.717, 1.165) is 37.6 Å². The number of carbonyl (C=O) groups excluding carboxylic acids is 1. The van der Waals surface area contributed by atoms with Crippen LogP contribution >= 0.6 is 11.3 Å². The summed E-state index contributed by atoms with van der Waals surface area (Å²) in [5.41, 5.74) is 1.13. The molecule has 158 valence electrons. The Labute approximate surface area is 181 Å². The highest BCUT2D eigenvalue weighted by atomic mass is 32.1. The molecule has 4 rings (SSSR count). The Morgan fingerprint density at radius 3 is 2.57 bits per heavy atom. The predicted octanol–water partition coefficient (Wildman–Crippen LogP) is 4.03. The SMILES string of the molecule is COc1ccccc1N1CCN([C@H](c2cccs2)[C@H](C)NC(=O)c2ccco2)CC1. The summed E-state index contributed by atoms with van der Waals surface area (Å²) in [5.74, 6) is 1.06. The van der Waals surface area contributed by atoms with Crippen LogP contribution < -0.4 is 15.0 Å². The van der Waals surface area contributed by atoms with E-state index in [9.17, 15) is 4.79 Å². The lowest BCUT2D eigenvalue weighted by atomic mass is 10.0. The molecular weight excluding hydrogens is 398 g/mol. The van der Waals surface area contributed by atoms with Gasteiger partial charge in [0.1, 0.15) is 5.75 Å². The van der Waals surface area contributed by atoms with Crippen molar-refractivity contribution in [2.75, 3.05) is 38.2 Å². The summed E-state index contributed by atoms with van der Waals surface area (Å²) in [4.78, 5) is 18.6. The van der Waals surface area contributed by atoms with Crippen LogP contribution in [0.25, 0.3) is 0 Å². The van der Waals surface area contributed by atoms with Gasteiger partial charge < -0.3 is 19.4 Å². The number of hydrogen-bond donors (Lipinski definition) is 1. The van der Waals surface area contributed by atoms with Gasteiger partial charge in [-0.2, -0.15) is 0 Å². The summed E-state index contributed by atoms with van der Waals surface area (Å²) < 4.78 is 10.8. The smallest absolute Gasteiger partial charge is 0.287 e. The lowest BCUT2D eigenvalue weighted by Gasteiger charge is -2.42. The van der Waals surface area contributed by atoms with E-state index in [1.54, 1.807) is 30.6 Å². The van der Waals surface area contributed by atoms with Crippen LogP contribution in [0.4, 0.5) is 5.69 Å². The molecule has 6 nitrogen and oxygen atoms in total. The fourth-order valence-electron chi connectivity index (χ4n) is 4.10. The first-order chi connectivity index (χ1) is 14.7. The molecule has 0 spiro atoms. The third-order valence-corrected chi connectivity index (χ3v) is 6.49. The summed E-state index contributed by atoms with van der Waals surface area (Å²) in [7, 11) is 1.71. The monoisotopic (exact) mass is 425 g/mol. The largest absolute Gasteiger partial charge is 0.495 e. The number of thiophene rings is 1. The molecule has 0 saturated carbocycles. The number of piperazine rings is 1. The Morgan fingerprint density at radius 2 is 1.90 bits per heavy atom. The summed E-state index contributed by atoms with van der Waals surface area (Å²) >= 11 is 1.73. The van der Waals surface area contributed by atoms with Crippen molar-refractivity contribution >= 4 is 22.9 Å². The zero-order valence-corrected chi connectivity index (χ0v) is 18.1. The van der Waals surface area contributed by atoms with Gasteiger partial charge in [0.15, 0.2) is 5.76 Å². The summed E-state index contributed by atoms with van der Waals surface area (Å²) in [6, 6.07) is 15.8. The molecule has 3 aromatic rings. The van der Waals surface area contributed by atoms with Gasteiger partial charge >= 0.3 is 0 Å². The normalized spacial score (nSPS) is 16.8. The second-order valence-electron chi connectivity index (χ2n) is 7.39. The molecule has 1 saturated heterocycles. The Kier molecular flexibility index (Phi) is 6.40. The first kappa shape index (κ1) is 20.5. The van der Waals surface area contributed by atoms with Crippen LogP contribution in [0.15, 0.2) is 64.6 Å². The van der Waals surface area contributed by atoms with Crippen LogP contribution in [0.1, 0.15) is 28.4 Å². The minimum atomic E-state index is -0.179. The van der Waals surface area contributed by atoms with Gasteiger partial charge in [0, 0.05) is 37.1 Å². The van der Waals surface area contributed by atoms with Crippen LogP contribution in [-0.4, -0.2) is 50.1 Å². The highest BCUT2D eigenvalue weighted by molar-refractivity contribution is 7.10. The topological polar surface area (TPSA) is 58.0 Å². The number of nitrogens with zero attached hydrogens (tertiary/aromatic N) is 2. The first-order valence-electron chi connectivity index (χ1n) is 10.2. The van der Waals surface area contributed by atoms with Crippen molar-refractivity contribution in [1.29, 1.82) is 0 Å². The molecule has 3 heterocycles. The molecule has 30 heavy (non-hydrogen) atoms. The van der Waals surface area contributed by atoms with Gasteiger partial charge in [-0.25, -0.2) is 0 Å². The minimum absolute atomic E-state index is 0.0564. The number of carbonyl (C=O) groups is 1. The fourth-order valence-corrected chi connectivity index (χ4v) is 5.06. The maximum absolute atomic E-state index is 12.5. The standard InChI is InChI=1S/C23H27N3O3S/c1-17(24-23(27)20-9-5-15-29-20)22(21-10-6-16-30-21)26-13-11-25(12-14-26)18-7-3-4-8-19(18)28-2/h3-10,15-17,22H,11-14H2,1-2H3,(H,24,27)/t17-,22-/m0/s1. The molecule has 0 bridgehead atoms. The van der Waals surface area contributed by atoms with Crippen LogP contribution in [0.5, 0.6) is 5.75 Å². The third kappa shape index (κ3) is 4.37. The van der Waals surface area contributed by atoms with E-state index in [0.29, 0.717) is 5.76 Å². The number of nitrogens with one attached hydrogen (secondary N) is 1. The average Bonchev–Trinajstić information content (AvgIpc) is 3.49. The molecule has 2 aromatic heterocycles. The minimum Gasteiger partial charge on any atom is -0.495 e. The number of hydrogen-bond acceptors (Lipinski definition) is 6. The Bertz CT molecular complexity index is 935. The molecule has 0 radical (unpaired) electrons. The van der Waals surface area contributed by atoms with Gasteiger partial charge in [0.25, 0.3) is 5.91 Å². The highest BCUT2D eigenvalue weighted by Crippen LogP contribution is 2.32. The zero-order valence-electron chi connectivity index (χ0n) is 17.3. The number of benzene rings is 1. The van der Waals surface area contributed by atoms with Crippen molar-refractivity contribution < 1.29 is 13.9 Å². The number of ether oxygens (including phenoxy) is 1. The molecule has 1 amide bonds. The van der Waals surface area contributed by atoms with Crippen molar-refractivity contribution in [3.63, 3.8) is 0 Å². The maximum Gasteiger partial charge on any atom is 0.287 e. The molecule has 0 aliphatic carbocycles. The van der Waals surface area contributed by atoms with Crippen LogP contribution in [0.3, 0.4) is 0 Å². The molecule has 7 heteroatoms. The van der Waals surface area contributed by atoms with E-state index in [2.05, 4.69) is 45.6 Å². The third-order valence-electron chi connectivity index (χ3n) is 5.55. The molecule has 0 unspecified atom stereocenters. The number of rotatable bonds is 7. The number of para-hydroxylation sites is 2. The van der Waals surface area contributed by atoms with E-state index >= 15 is 0 Å². The number of methoxy groups -OCH3 is 1. The van der Waals surface area contributed by atoms with Gasteiger partial charge in [-0.1, -0.05) is 18.2 Å².